The maximum absolute atomic E-state index is 13.4. The molecule has 2 aromatic rings. The average molecular weight is 408 g/mol. The number of ether oxygens (including phenoxy) is 1. The van der Waals surface area contributed by atoms with E-state index in [1.807, 2.05) is 50.2 Å². The molecule has 30 heavy (non-hydrogen) atoms. The molecule has 2 amide bonds. The quantitative estimate of drug-likeness (QED) is 0.825. The van der Waals surface area contributed by atoms with E-state index >= 15 is 0 Å². The molecule has 158 valence electrons. The van der Waals surface area contributed by atoms with E-state index in [4.69, 9.17) is 4.74 Å². The normalized spacial score (nSPS) is 22.2. The molecule has 2 aromatic carbocycles. The molecule has 3 atom stereocenters. The van der Waals surface area contributed by atoms with Crippen molar-refractivity contribution >= 4 is 28.4 Å². The van der Waals surface area contributed by atoms with Gasteiger partial charge in [-0.05, 0) is 48.1 Å². The summed E-state index contributed by atoms with van der Waals surface area (Å²) in [7, 11) is 0. The van der Waals surface area contributed by atoms with Gasteiger partial charge in [0.1, 0.15) is 18.7 Å². The van der Waals surface area contributed by atoms with E-state index in [2.05, 4.69) is 5.32 Å². The second kappa shape index (κ2) is 8.56. The van der Waals surface area contributed by atoms with Gasteiger partial charge in [-0.2, -0.15) is 0 Å². The number of likely N-dealkylation sites (tertiary alicyclic amines) is 1. The van der Waals surface area contributed by atoms with Crippen LogP contribution in [0.25, 0.3) is 10.8 Å². The number of piperidine rings is 1. The highest BCUT2D eigenvalue weighted by Crippen LogP contribution is 2.27. The highest BCUT2D eigenvalue weighted by molar-refractivity contribution is 6.01. The lowest BCUT2D eigenvalue weighted by molar-refractivity contribution is -0.142. The molecule has 1 N–H and O–H groups in total. The Kier molecular flexibility index (Phi) is 5.86. The highest BCUT2D eigenvalue weighted by Gasteiger charge is 2.45. The van der Waals surface area contributed by atoms with Crippen molar-refractivity contribution in [1.82, 2.24) is 10.2 Å². The minimum absolute atomic E-state index is 0.0443. The number of hydrogen-bond acceptors (Lipinski definition) is 4. The molecule has 0 aliphatic carbocycles. The van der Waals surface area contributed by atoms with Gasteiger partial charge in [0.15, 0.2) is 5.78 Å². The summed E-state index contributed by atoms with van der Waals surface area (Å²) in [5, 5.41) is 4.97. The van der Waals surface area contributed by atoms with Gasteiger partial charge in [0.05, 0.1) is 6.10 Å². The van der Waals surface area contributed by atoms with Gasteiger partial charge >= 0.3 is 0 Å². The highest BCUT2D eigenvalue weighted by atomic mass is 16.5. The van der Waals surface area contributed by atoms with Crippen LogP contribution < -0.4 is 5.32 Å². The number of carbonyl (C=O) groups is 3. The fourth-order valence-electron chi connectivity index (χ4n) is 4.50. The zero-order valence-corrected chi connectivity index (χ0v) is 17.5. The van der Waals surface area contributed by atoms with Crippen molar-refractivity contribution in [2.75, 3.05) is 13.2 Å². The molecular weight excluding hydrogens is 380 g/mol. The van der Waals surface area contributed by atoms with Gasteiger partial charge in [0.25, 0.3) is 5.91 Å². The van der Waals surface area contributed by atoms with Crippen molar-refractivity contribution in [3.05, 3.63) is 48.0 Å². The number of benzene rings is 2. The van der Waals surface area contributed by atoms with Gasteiger partial charge in [-0.3, -0.25) is 14.4 Å². The SMILES string of the molecule is CC(C)CC(NC(=O)c1ccc2ccccc2c1)C(=O)N1CCCC2OCC(=O)C21. The minimum Gasteiger partial charge on any atom is -0.368 e. The van der Waals surface area contributed by atoms with Crippen LogP contribution in [0.5, 0.6) is 0 Å². The third kappa shape index (κ3) is 4.10. The van der Waals surface area contributed by atoms with Crippen molar-refractivity contribution in [3.63, 3.8) is 0 Å². The zero-order chi connectivity index (χ0) is 21.3. The fourth-order valence-corrected chi connectivity index (χ4v) is 4.50. The van der Waals surface area contributed by atoms with Gasteiger partial charge in [-0.25, -0.2) is 0 Å². The molecule has 2 heterocycles. The summed E-state index contributed by atoms with van der Waals surface area (Å²) in [5.41, 5.74) is 0.520. The first-order valence-electron chi connectivity index (χ1n) is 10.7. The van der Waals surface area contributed by atoms with Crippen LogP contribution in [0.15, 0.2) is 42.5 Å². The Morgan fingerprint density at radius 3 is 2.70 bits per heavy atom. The van der Waals surface area contributed by atoms with Crippen LogP contribution >= 0.6 is 0 Å². The Hall–Kier alpha value is -2.73. The van der Waals surface area contributed by atoms with Crippen LogP contribution in [0, 0.1) is 5.92 Å². The molecule has 3 unspecified atom stereocenters. The molecular formula is C24H28N2O4. The van der Waals surface area contributed by atoms with Crippen LogP contribution in [-0.4, -0.2) is 53.8 Å². The third-order valence-electron chi connectivity index (χ3n) is 5.95. The second-order valence-corrected chi connectivity index (χ2v) is 8.65. The van der Waals surface area contributed by atoms with Crippen LogP contribution in [0.3, 0.4) is 0 Å². The Bertz CT molecular complexity index is 971. The summed E-state index contributed by atoms with van der Waals surface area (Å²) in [5.74, 6) is -0.294. The summed E-state index contributed by atoms with van der Waals surface area (Å²) >= 11 is 0. The second-order valence-electron chi connectivity index (χ2n) is 8.65. The van der Waals surface area contributed by atoms with Gasteiger partial charge in [0, 0.05) is 12.1 Å². The first-order chi connectivity index (χ1) is 14.4. The molecule has 6 heteroatoms. The lowest BCUT2D eigenvalue weighted by atomic mass is 9.95. The monoisotopic (exact) mass is 408 g/mol. The minimum atomic E-state index is -0.670. The molecule has 4 rings (SSSR count). The van der Waals surface area contributed by atoms with Gasteiger partial charge in [-0.1, -0.05) is 44.2 Å². The largest absolute Gasteiger partial charge is 0.368 e. The molecule has 2 aliphatic heterocycles. The molecule has 0 aromatic heterocycles. The number of amides is 2. The summed E-state index contributed by atoms with van der Waals surface area (Å²) in [6, 6.07) is 12.2. The van der Waals surface area contributed by atoms with Crippen molar-refractivity contribution < 1.29 is 19.1 Å². The maximum atomic E-state index is 13.4. The van der Waals surface area contributed by atoms with Gasteiger partial charge in [0.2, 0.25) is 5.91 Å². The van der Waals surface area contributed by atoms with E-state index in [1.165, 1.54) is 0 Å². The first kappa shape index (κ1) is 20.5. The van der Waals surface area contributed by atoms with Crippen molar-refractivity contribution in [1.29, 1.82) is 0 Å². The molecule has 2 aliphatic rings. The van der Waals surface area contributed by atoms with Crippen molar-refractivity contribution in [3.8, 4) is 0 Å². The Labute approximate surface area is 176 Å². The van der Waals surface area contributed by atoms with E-state index in [0.29, 0.717) is 18.5 Å². The molecule has 2 fully saturated rings. The lowest BCUT2D eigenvalue weighted by Gasteiger charge is -2.37. The molecule has 0 radical (unpaired) electrons. The molecule has 6 nitrogen and oxygen atoms in total. The maximum Gasteiger partial charge on any atom is 0.251 e. The Morgan fingerprint density at radius 1 is 1.17 bits per heavy atom. The van der Waals surface area contributed by atoms with E-state index in [9.17, 15) is 14.4 Å². The van der Waals surface area contributed by atoms with E-state index in [0.717, 1.165) is 23.6 Å². The van der Waals surface area contributed by atoms with Crippen LogP contribution in [0.1, 0.15) is 43.5 Å². The van der Waals surface area contributed by atoms with Crippen LogP contribution in [-0.2, 0) is 14.3 Å². The third-order valence-corrected chi connectivity index (χ3v) is 5.95. The zero-order valence-electron chi connectivity index (χ0n) is 17.5. The average Bonchev–Trinajstić information content (AvgIpc) is 3.13. The van der Waals surface area contributed by atoms with Crippen molar-refractivity contribution in [2.24, 2.45) is 5.92 Å². The first-order valence-corrected chi connectivity index (χ1v) is 10.7. The summed E-state index contributed by atoms with van der Waals surface area (Å²) in [6.07, 6.45) is 1.89. The lowest BCUT2D eigenvalue weighted by Crippen LogP contribution is -2.58. The van der Waals surface area contributed by atoms with Gasteiger partial charge in [-0.15, -0.1) is 0 Å². The van der Waals surface area contributed by atoms with Gasteiger partial charge < -0.3 is 15.0 Å². The van der Waals surface area contributed by atoms with E-state index in [-0.39, 0.29) is 36.2 Å². The predicted molar refractivity (Wildman–Crippen MR) is 114 cm³/mol. The van der Waals surface area contributed by atoms with Crippen molar-refractivity contribution in [2.45, 2.75) is 51.3 Å². The number of nitrogens with zero attached hydrogens (tertiary/aromatic N) is 1. The Morgan fingerprint density at radius 2 is 1.93 bits per heavy atom. The number of nitrogens with one attached hydrogen (secondary N) is 1. The summed E-state index contributed by atoms with van der Waals surface area (Å²) < 4.78 is 5.57. The molecule has 0 spiro atoms. The molecule has 2 saturated heterocycles. The van der Waals surface area contributed by atoms with Crippen LogP contribution in [0.4, 0.5) is 0 Å². The smallest absolute Gasteiger partial charge is 0.251 e. The summed E-state index contributed by atoms with van der Waals surface area (Å²) in [6.45, 7) is 4.63. The standard InChI is InChI=1S/C24H28N2O4/c1-15(2)12-19(24(29)26-11-5-8-21-22(26)20(27)14-30-21)25-23(28)18-10-9-16-6-3-4-7-17(16)13-18/h3-4,6-7,9-10,13,15,19,21-22H,5,8,11-12,14H2,1-2H3,(H,25,28). The predicted octanol–water partition coefficient (Wildman–Crippen LogP) is 2.94. The number of carbonyl (C=O) groups excluding carboxylic acids is 3. The van der Waals surface area contributed by atoms with E-state index < -0.39 is 12.1 Å². The number of ketones is 1. The molecule has 0 saturated carbocycles. The number of Topliss-reactive ketones (excluding diaryl/α,β-unsaturated/α-hetero) is 1. The van der Waals surface area contributed by atoms with Crippen LogP contribution in [0.2, 0.25) is 0 Å². The number of hydrogen-bond donors (Lipinski definition) is 1. The fraction of sp³-hybridized carbons (Fsp3) is 0.458. The number of fused-ring (bicyclic) bond motifs is 2. The number of rotatable bonds is 5. The van der Waals surface area contributed by atoms with E-state index in [1.54, 1.807) is 11.0 Å². The summed E-state index contributed by atoms with van der Waals surface area (Å²) in [4.78, 5) is 40.4. The Balaban J connectivity index is 1.55. The molecule has 0 bridgehead atoms. The topological polar surface area (TPSA) is 75.7 Å².